The molecule has 3 rings (SSSR count). The topological polar surface area (TPSA) is 28.6 Å². The van der Waals surface area contributed by atoms with Gasteiger partial charge in [-0.3, -0.25) is 4.90 Å². The Bertz CT molecular complexity index is 667. The molecule has 25 heavy (non-hydrogen) atoms. The molecule has 1 fully saturated rings. The van der Waals surface area contributed by atoms with Crippen LogP contribution in [0, 0.1) is 0 Å². The number of hydrogen-bond acceptors (Lipinski definition) is 5. The Hall–Kier alpha value is -1.43. The van der Waals surface area contributed by atoms with Crippen LogP contribution >= 0.6 is 11.3 Å². The van der Waals surface area contributed by atoms with Gasteiger partial charge in [-0.1, -0.05) is 45.0 Å². The van der Waals surface area contributed by atoms with Crippen molar-refractivity contribution in [2.45, 2.75) is 26.2 Å². The molecule has 136 valence electrons. The van der Waals surface area contributed by atoms with Crippen LogP contribution < -0.4 is 4.90 Å². The molecule has 0 radical (unpaired) electrons. The quantitative estimate of drug-likeness (QED) is 0.810. The van der Waals surface area contributed by atoms with E-state index in [1.807, 2.05) is 0 Å². The van der Waals surface area contributed by atoms with Gasteiger partial charge < -0.3 is 9.64 Å². The Balaban J connectivity index is 1.63. The molecule has 1 saturated heterocycles. The van der Waals surface area contributed by atoms with Crippen LogP contribution in [0.3, 0.4) is 0 Å². The molecule has 1 aromatic heterocycles. The highest BCUT2D eigenvalue weighted by molar-refractivity contribution is 7.14. The van der Waals surface area contributed by atoms with Crippen LogP contribution in [0.1, 0.15) is 26.3 Å². The van der Waals surface area contributed by atoms with E-state index in [0.29, 0.717) is 0 Å². The molecule has 1 aliphatic heterocycles. The van der Waals surface area contributed by atoms with E-state index in [1.54, 1.807) is 18.4 Å². The standard InChI is InChI=1S/C20H29N3OS/c1-20(2,3)17-7-5-16(6-8-17)18-15-25-19(21-18)23-11-9-22(10-12-23)13-14-24-4/h5-8,15H,9-14H2,1-4H3. The second-order valence-electron chi connectivity index (χ2n) is 7.66. The van der Waals surface area contributed by atoms with Crippen LogP contribution in [0.15, 0.2) is 29.6 Å². The molecule has 0 aliphatic carbocycles. The Morgan fingerprint density at radius 3 is 2.36 bits per heavy atom. The van der Waals surface area contributed by atoms with Crippen molar-refractivity contribution in [2.24, 2.45) is 0 Å². The van der Waals surface area contributed by atoms with E-state index in [9.17, 15) is 0 Å². The zero-order valence-electron chi connectivity index (χ0n) is 15.8. The maximum Gasteiger partial charge on any atom is 0.185 e. The number of ether oxygens (including phenoxy) is 1. The fraction of sp³-hybridized carbons (Fsp3) is 0.550. The molecule has 0 bridgehead atoms. The number of aromatic nitrogens is 1. The van der Waals surface area contributed by atoms with Crippen LogP contribution in [0.2, 0.25) is 0 Å². The number of methoxy groups -OCH3 is 1. The summed E-state index contributed by atoms with van der Waals surface area (Å²) in [6.07, 6.45) is 0. The van der Waals surface area contributed by atoms with Crippen molar-refractivity contribution in [3.8, 4) is 11.3 Å². The third kappa shape index (κ3) is 4.60. The van der Waals surface area contributed by atoms with Crippen LogP contribution in [0.25, 0.3) is 11.3 Å². The summed E-state index contributed by atoms with van der Waals surface area (Å²) in [4.78, 5) is 9.75. The van der Waals surface area contributed by atoms with E-state index in [0.717, 1.165) is 50.2 Å². The van der Waals surface area contributed by atoms with Crippen molar-refractivity contribution in [1.29, 1.82) is 0 Å². The summed E-state index contributed by atoms with van der Waals surface area (Å²) >= 11 is 1.75. The van der Waals surface area contributed by atoms with Crippen LogP contribution in [0.5, 0.6) is 0 Å². The zero-order valence-corrected chi connectivity index (χ0v) is 16.6. The molecule has 0 spiro atoms. The first-order valence-electron chi connectivity index (χ1n) is 9.00. The van der Waals surface area contributed by atoms with E-state index in [1.165, 1.54) is 11.1 Å². The summed E-state index contributed by atoms with van der Waals surface area (Å²) in [5, 5.41) is 3.32. The minimum atomic E-state index is 0.189. The van der Waals surface area contributed by atoms with E-state index < -0.39 is 0 Å². The fourth-order valence-electron chi connectivity index (χ4n) is 3.07. The smallest absolute Gasteiger partial charge is 0.185 e. The number of thiazole rings is 1. The maximum atomic E-state index is 5.17. The van der Waals surface area contributed by atoms with Gasteiger partial charge in [-0.2, -0.15) is 0 Å². The Morgan fingerprint density at radius 1 is 1.08 bits per heavy atom. The van der Waals surface area contributed by atoms with Crippen LogP contribution in [-0.4, -0.2) is 56.3 Å². The first-order chi connectivity index (χ1) is 12.0. The summed E-state index contributed by atoms with van der Waals surface area (Å²) in [5.74, 6) is 0. The van der Waals surface area contributed by atoms with E-state index in [-0.39, 0.29) is 5.41 Å². The van der Waals surface area contributed by atoms with Crippen molar-refractivity contribution in [2.75, 3.05) is 51.3 Å². The van der Waals surface area contributed by atoms with Gasteiger partial charge in [0.25, 0.3) is 0 Å². The SMILES string of the molecule is COCCN1CCN(c2nc(-c3ccc(C(C)(C)C)cc3)cs2)CC1. The van der Waals surface area contributed by atoms with Gasteiger partial charge in [-0.05, 0) is 11.0 Å². The molecule has 4 nitrogen and oxygen atoms in total. The highest BCUT2D eigenvalue weighted by Crippen LogP contribution is 2.30. The van der Waals surface area contributed by atoms with Crippen molar-refractivity contribution in [1.82, 2.24) is 9.88 Å². The lowest BCUT2D eigenvalue weighted by Crippen LogP contribution is -2.47. The third-order valence-corrected chi connectivity index (χ3v) is 5.69. The summed E-state index contributed by atoms with van der Waals surface area (Å²) in [6.45, 7) is 12.8. The molecule has 0 saturated carbocycles. The first-order valence-corrected chi connectivity index (χ1v) is 9.88. The van der Waals surface area contributed by atoms with E-state index in [4.69, 9.17) is 9.72 Å². The normalized spacial score (nSPS) is 16.4. The van der Waals surface area contributed by atoms with E-state index >= 15 is 0 Å². The molecule has 0 unspecified atom stereocenters. The van der Waals surface area contributed by atoms with Crippen molar-refractivity contribution < 1.29 is 4.74 Å². The summed E-state index contributed by atoms with van der Waals surface area (Å²) in [5.41, 5.74) is 3.84. The molecular weight excluding hydrogens is 330 g/mol. The number of benzene rings is 1. The van der Waals surface area contributed by atoms with Gasteiger partial charge >= 0.3 is 0 Å². The molecule has 0 amide bonds. The van der Waals surface area contributed by atoms with Gasteiger partial charge in [-0.25, -0.2) is 4.98 Å². The molecule has 1 aromatic carbocycles. The summed E-state index contributed by atoms with van der Waals surface area (Å²) in [6, 6.07) is 8.84. The number of rotatable bonds is 5. The highest BCUT2D eigenvalue weighted by atomic mass is 32.1. The van der Waals surface area contributed by atoms with Crippen molar-refractivity contribution in [3.63, 3.8) is 0 Å². The summed E-state index contributed by atoms with van der Waals surface area (Å²) < 4.78 is 5.17. The van der Waals surface area contributed by atoms with Gasteiger partial charge in [-0.15, -0.1) is 11.3 Å². The molecular formula is C20H29N3OS. The molecule has 5 heteroatoms. The molecule has 2 heterocycles. The molecule has 0 atom stereocenters. The highest BCUT2D eigenvalue weighted by Gasteiger charge is 2.19. The largest absolute Gasteiger partial charge is 0.383 e. The van der Waals surface area contributed by atoms with Crippen LogP contribution in [0.4, 0.5) is 5.13 Å². The molecule has 2 aromatic rings. The lowest BCUT2D eigenvalue weighted by molar-refractivity contribution is 0.144. The van der Waals surface area contributed by atoms with Gasteiger partial charge in [0.1, 0.15) is 0 Å². The minimum absolute atomic E-state index is 0.189. The van der Waals surface area contributed by atoms with E-state index in [2.05, 4.69) is 60.2 Å². The Morgan fingerprint density at radius 2 is 1.76 bits per heavy atom. The van der Waals surface area contributed by atoms with Crippen molar-refractivity contribution >= 4 is 16.5 Å². The Kier molecular flexibility index (Phi) is 5.77. The Labute approximate surface area is 155 Å². The molecule has 0 N–H and O–H groups in total. The van der Waals surface area contributed by atoms with Gasteiger partial charge in [0.2, 0.25) is 0 Å². The average Bonchev–Trinajstić information content (AvgIpc) is 3.10. The summed E-state index contributed by atoms with van der Waals surface area (Å²) in [7, 11) is 1.77. The monoisotopic (exact) mass is 359 g/mol. The molecule has 1 aliphatic rings. The number of anilines is 1. The number of hydrogen-bond donors (Lipinski definition) is 0. The minimum Gasteiger partial charge on any atom is -0.383 e. The zero-order chi connectivity index (χ0) is 17.9. The lowest BCUT2D eigenvalue weighted by atomic mass is 9.86. The predicted octanol–water partition coefficient (Wildman–Crippen LogP) is 3.88. The van der Waals surface area contributed by atoms with Gasteiger partial charge in [0, 0.05) is 50.8 Å². The first kappa shape index (κ1) is 18.4. The fourth-order valence-corrected chi connectivity index (χ4v) is 3.95. The maximum absolute atomic E-state index is 5.17. The van der Waals surface area contributed by atoms with Gasteiger partial charge in [0.15, 0.2) is 5.13 Å². The average molecular weight is 360 g/mol. The number of nitrogens with zero attached hydrogens (tertiary/aromatic N) is 3. The third-order valence-electron chi connectivity index (χ3n) is 4.79. The predicted molar refractivity (Wildman–Crippen MR) is 107 cm³/mol. The second kappa shape index (κ2) is 7.85. The van der Waals surface area contributed by atoms with Gasteiger partial charge in [0.05, 0.1) is 12.3 Å². The van der Waals surface area contributed by atoms with Crippen LogP contribution in [-0.2, 0) is 10.2 Å². The second-order valence-corrected chi connectivity index (χ2v) is 8.50. The number of piperazine rings is 1. The van der Waals surface area contributed by atoms with Crippen molar-refractivity contribution in [3.05, 3.63) is 35.2 Å². The lowest BCUT2D eigenvalue weighted by Gasteiger charge is -2.34.